The van der Waals surface area contributed by atoms with Crippen LogP contribution in [0.1, 0.15) is 10.4 Å². The lowest BCUT2D eigenvalue weighted by molar-refractivity contribution is 0.112. The first kappa shape index (κ1) is 12.9. The number of hydrogen-bond acceptors (Lipinski definition) is 2. The molecular weight excluding hydrogens is 278 g/mol. The highest BCUT2D eigenvalue weighted by Crippen LogP contribution is 2.32. The smallest absolute Gasteiger partial charge is 0.153 e. The van der Waals surface area contributed by atoms with Crippen molar-refractivity contribution in [3.8, 4) is 11.5 Å². The molecule has 2 rings (SSSR count). The Balaban J connectivity index is 2.36. The van der Waals surface area contributed by atoms with Crippen LogP contribution < -0.4 is 4.74 Å². The monoisotopic (exact) mass is 284 g/mol. The van der Waals surface area contributed by atoms with Gasteiger partial charge in [-0.25, -0.2) is 4.39 Å². The molecule has 2 nitrogen and oxygen atoms in total. The topological polar surface area (TPSA) is 26.3 Å². The predicted molar refractivity (Wildman–Crippen MR) is 68.3 cm³/mol. The molecule has 0 saturated heterocycles. The molecule has 0 heterocycles. The number of hydrogen-bond donors (Lipinski definition) is 0. The van der Waals surface area contributed by atoms with Crippen LogP contribution >= 0.6 is 23.2 Å². The van der Waals surface area contributed by atoms with E-state index in [1.54, 1.807) is 0 Å². The van der Waals surface area contributed by atoms with E-state index in [2.05, 4.69) is 0 Å². The van der Waals surface area contributed by atoms with E-state index in [9.17, 15) is 9.18 Å². The molecule has 2 aromatic carbocycles. The van der Waals surface area contributed by atoms with Crippen LogP contribution in [0.25, 0.3) is 0 Å². The van der Waals surface area contributed by atoms with Gasteiger partial charge in [-0.05, 0) is 30.3 Å². The fourth-order valence-corrected chi connectivity index (χ4v) is 1.68. The summed E-state index contributed by atoms with van der Waals surface area (Å²) in [5.41, 5.74) is 0.272. The van der Waals surface area contributed by atoms with Gasteiger partial charge in [-0.1, -0.05) is 23.2 Å². The Labute approximate surface area is 113 Å². The van der Waals surface area contributed by atoms with Crippen LogP contribution in [0.2, 0.25) is 10.0 Å². The van der Waals surface area contributed by atoms with Crippen molar-refractivity contribution in [2.45, 2.75) is 0 Å². The summed E-state index contributed by atoms with van der Waals surface area (Å²) >= 11 is 11.6. The van der Waals surface area contributed by atoms with Crippen LogP contribution in [0.4, 0.5) is 4.39 Å². The molecule has 0 N–H and O–H groups in total. The van der Waals surface area contributed by atoms with Gasteiger partial charge in [0.15, 0.2) is 6.29 Å². The van der Waals surface area contributed by atoms with Crippen molar-refractivity contribution in [2.75, 3.05) is 0 Å². The molecule has 18 heavy (non-hydrogen) atoms. The molecule has 0 atom stereocenters. The van der Waals surface area contributed by atoms with Crippen molar-refractivity contribution >= 4 is 29.5 Å². The Hall–Kier alpha value is -1.58. The molecule has 0 fully saturated rings. The lowest BCUT2D eigenvalue weighted by Crippen LogP contribution is -1.91. The molecule has 0 aliphatic carbocycles. The summed E-state index contributed by atoms with van der Waals surface area (Å²) in [7, 11) is 0. The van der Waals surface area contributed by atoms with Crippen LogP contribution in [0.5, 0.6) is 11.5 Å². The van der Waals surface area contributed by atoms with Crippen molar-refractivity contribution in [1.82, 2.24) is 0 Å². The average molecular weight is 285 g/mol. The second kappa shape index (κ2) is 5.38. The SMILES string of the molecule is O=Cc1cc(Cl)c(Cl)cc1Oc1ccc(F)cc1. The van der Waals surface area contributed by atoms with Gasteiger partial charge in [0.1, 0.15) is 17.3 Å². The number of aldehydes is 1. The summed E-state index contributed by atoms with van der Waals surface area (Å²) in [6.45, 7) is 0. The second-order valence-electron chi connectivity index (χ2n) is 3.48. The zero-order valence-corrected chi connectivity index (χ0v) is 10.5. The molecule has 92 valence electrons. The van der Waals surface area contributed by atoms with Gasteiger partial charge in [0.05, 0.1) is 15.6 Å². The first-order valence-corrected chi connectivity index (χ1v) is 5.73. The van der Waals surface area contributed by atoms with E-state index in [0.717, 1.165) is 0 Å². The first-order valence-electron chi connectivity index (χ1n) is 4.98. The Bertz CT molecular complexity index is 582. The van der Waals surface area contributed by atoms with E-state index in [0.29, 0.717) is 12.0 Å². The lowest BCUT2D eigenvalue weighted by atomic mass is 10.2. The normalized spacial score (nSPS) is 10.2. The van der Waals surface area contributed by atoms with E-state index >= 15 is 0 Å². The Kier molecular flexibility index (Phi) is 3.84. The minimum Gasteiger partial charge on any atom is -0.457 e. The first-order chi connectivity index (χ1) is 8.60. The number of rotatable bonds is 3. The van der Waals surface area contributed by atoms with Gasteiger partial charge >= 0.3 is 0 Å². The van der Waals surface area contributed by atoms with Gasteiger partial charge < -0.3 is 4.74 Å². The minimum absolute atomic E-state index is 0.269. The van der Waals surface area contributed by atoms with Crippen molar-refractivity contribution < 1.29 is 13.9 Å². The maximum absolute atomic E-state index is 12.7. The number of carbonyl (C=O) groups is 1. The Morgan fingerprint density at radius 2 is 1.67 bits per heavy atom. The summed E-state index contributed by atoms with van der Waals surface area (Å²) < 4.78 is 18.2. The zero-order chi connectivity index (χ0) is 13.1. The summed E-state index contributed by atoms with van der Waals surface area (Å²) in [5.74, 6) is 0.302. The molecule has 0 aromatic heterocycles. The largest absolute Gasteiger partial charge is 0.457 e. The van der Waals surface area contributed by atoms with E-state index < -0.39 is 0 Å². The van der Waals surface area contributed by atoms with Crippen LogP contribution in [-0.4, -0.2) is 6.29 Å². The maximum Gasteiger partial charge on any atom is 0.153 e. The number of benzene rings is 2. The van der Waals surface area contributed by atoms with Crippen LogP contribution in [0.15, 0.2) is 36.4 Å². The standard InChI is InChI=1S/C13H7Cl2FO2/c14-11-5-8(7-17)13(6-12(11)15)18-10-3-1-9(16)2-4-10/h1-7H. The molecule has 0 aliphatic heterocycles. The van der Waals surface area contributed by atoms with Crippen LogP contribution in [0, 0.1) is 5.82 Å². The predicted octanol–water partition coefficient (Wildman–Crippen LogP) is 4.74. The highest BCUT2D eigenvalue weighted by Gasteiger charge is 2.09. The van der Waals surface area contributed by atoms with Crippen molar-refractivity contribution in [2.24, 2.45) is 0 Å². The van der Waals surface area contributed by atoms with E-state index in [1.165, 1.54) is 36.4 Å². The third-order valence-corrected chi connectivity index (χ3v) is 2.94. The van der Waals surface area contributed by atoms with Gasteiger partial charge in [-0.2, -0.15) is 0 Å². The van der Waals surface area contributed by atoms with Crippen molar-refractivity contribution in [3.05, 3.63) is 57.8 Å². The summed E-state index contributed by atoms with van der Waals surface area (Å²) in [5, 5.41) is 0.546. The molecule has 0 radical (unpaired) electrons. The van der Waals surface area contributed by atoms with Gasteiger partial charge in [0, 0.05) is 6.07 Å². The van der Waals surface area contributed by atoms with Gasteiger partial charge in [0.25, 0.3) is 0 Å². The van der Waals surface area contributed by atoms with E-state index in [4.69, 9.17) is 27.9 Å². The average Bonchev–Trinajstić information content (AvgIpc) is 2.36. The Morgan fingerprint density at radius 1 is 1.06 bits per heavy atom. The van der Waals surface area contributed by atoms with Crippen LogP contribution in [0.3, 0.4) is 0 Å². The molecule has 5 heteroatoms. The molecule has 0 amide bonds. The highest BCUT2D eigenvalue weighted by atomic mass is 35.5. The Morgan fingerprint density at radius 3 is 2.28 bits per heavy atom. The maximum atomic E-state index is 12.7. The molecule has 0 bridgehead atoms. The summed E-state index contributed by atoms with van der Waals surface area (Å²) in [6, 6.07) is 8.27. The third-order valence-electron chi connectivity index (χ3n) is 2.22. The number of halogens is 3. The molecule has 0 saturated carbocycles. The quantitative estimate of drug-likeness (QED) is 0.761. The molecule has 0 unspecified atom stereocenters. The van der Waals surface area contributed by atoms with Crippen molar-refractivity contribution in [3.63, 3.8) is 0 Å². The van der Waals surface area contributed by atoms with Crippen LogP contribution in [-0.2, 0) is 0 Å². The molecular formula is C13H7Cl2FO2. The number of ether oxygens (including phenoxy) is 1. The summed E-state index contributed by atoms with van der Waals surface area (Å²) in [6.07, 6.45) is 0.612. The van der Waals surface area contributed by atoms with Crippen molar-refractivity contribution in [1.29, 1.82) is 0 Å². The third kappa shape index (κ3) is 2.81. The second-order valence-corrected chi connectivity index (χ2v) is 4.29. The van der Waals surface area contributed by atoms with Gasteiger partial charge in [0.2, 0.25) is 0 Å². The highest BCUT2D eigenvalue weighted by molar-refractivity contribution is 6.42. The van der Waals surface area contributed by atoms with E-state index in [-0.39, 0.29) is 27.2 Å². The zero-order valence-electron chi connectivity index (χ0n) is 8.99. The lowest BCUT2D eigenvalue weighted by Gasteiger charge is -2.09. The minimum atomic E-state index is -0.368. The fraction of sp³-hybridized carbons (Fsp3) is 0. The molecule has 0 spiro atoms. The number of carbonyl (C=O) groups excluding carboxylic acids is 1. The fourth-order valence-electron chi connectivity index (χ4n) is 1.35. The summed E-state index contributed by atoms with van der Waals surface area (Å²) in [4.78, 5) is 10.9. The molecule has 2 aromatic rings. The van der Waals surface area contributed by atoms with Gasteiger partial charge in [-0.3, -0.25) is 4.79 Å². The molecule has 0 aliphatic rings. The van der Waals surface area contributed by atoms with Gasteiger partial charge in [-0.15, -0.1) is 0 Å². The van der Waals surface area contributed by atoms with E-state index in [1.807, 2.05) is 0 Å².